The summed E-state index contributed by atoms with van der Waals surface area (Å²) >= 11 is 0. The quantitative estimate of drug-likeness (QED) is 0.353. The van der Waals surface area contributed by atoms with E-state index in [0.29, 0.717) is 12.5 Å². The highest BCUT2D eigenvalue weighted by atomic mass is 19.4. The zero-order valence-electron chi connectivity index (χ0n) is 21.3. The molecule has 0 radical (unpaired) electrons. The molecule has 2 aliphatic rings. The zero-order chi connectivity index (χ0) is 26.0. The van der Waals surface area contributed by atoms with Crippen LogP contribution in [-0.4, -0.2) is 33.4 Å². The molecule has 1 N–H and O–H groups in total. The van der Waals surface area contributed by atoms with Crippen molar-refractivity contribution in [2.24, 2.45) is 0 Å². The van der Waals surface area contributed by atoms with Crippen molar-refractivity contribution in [1.29, 1.82) is 0 Å². The molecule has 0 atom stereocenters. The van der Waals surface area contributed by atoms with Crippen LogP contribution in [0.2, 0.25) is 0 Å². The van der Waals surface area contributed by atoms with Gasteiger partial charge in [0, 0.05) is 23.8 Å². The topological polar surface area (TPSA) is 33.7 Å². The van der Waals surface area contributed by atoms with Crippen LogP contribution in [0.3, 0.4) is 0 Å². The van der Waals surface area contributed by atoms with Crippen molar-refractivity contribution in [1.82, 2.24) is 5.32 Å². The number of alkyl halides is 3. The fraction of sp³-hybridized carbons (Fsp3) is 0.400. The Morgan fingerprint density at radius 3 is 2.22 bits per heavy atom. The summed E-state index contributed by atoms with van der Waals surface area (Å²) in [6.07, 6.45) is -0.143. The molecule has 0 aromatic heterocycles. The Morgan fingerprint density at radius 1 is 0.865 bits per heavy atom. The molecular weight excluding hydrogens is 477 g/mol. The summed E-state index contributed by atoms with van der Waals surface area (Å²) in [7, 11) is 3.34. The zero-order valence-corrected chi connectivity index (χ0v) is 21.3. The van der Waals surface area contributed by atoms with Gasteiger partial charge in [-0.2, -0.15) is 13.2 Å². The van der Waals surface area contributed by atoms with Gasteiger partial charge in [0.2, 0.25) is 0 Å². The van der Waals surface area contributed by atoms with E-state index < -0.39 is 11.7 Å². The highest BCUT2D eigenvalue weighted by Crippen LogP contribution is 2.49. The van der Waals surface area contributed by atoms with Gasteiger partial charge < -0.3 is 19.7 Å². The van der Waals surface area contributed by atoms with Crippen LogP contribution in [0, 0.1) is 0 Å². The standard InChI is InChI=1S/C30H33F3N2O2/c1-36-28-18-23(17-27(21-6-7-21)29(28)37-2)22-5-3-4-20(16-22)19-35(26-12-14-34-15-13-26)25-10-8-24(9-11-25)30(31,32)33/h3-5,8-11,16-18,21,26,34H,6-7,12-15,19H2,1-2H3. The number of nitrogens with zero attached hydrogens (tertiary/aromatic N) is 1. The van der Waals surface area contributed by atoms with Crippen LogP contribution < -0.4 is 19.7 Å². The number of anilines is 1. The van der Waals surface area contributed by atoms with E-state index in [-0.39, 0.29) is 6.04 Å². The third kappa shape index (κ3) is 5.72. The molecule has 1 aliphatic carbocycles. The summed E-state index contributed by atoms with van der Waals surface area (Å²) in [5.74, 6) is 2.04. The first-order valence-corrected chi connectivity index (χ1v) is 12.9. The summed E-state index contributed by atoms with van der Waals surface area (Å²) in [4.78, 5) is 2.25. The molecule has 37 heavy (non-hydrogen) atoms. The monoisotopic (exact) mass is 510 g/mol. The molecule has 0 bridgehead atoms. The summed E-state index contributed by atoms with van der Waals surface area (Å²) in [5.41, 5.74) is 4.64. The summed E-state index contributed by atoms with van der Waals surface area (Å²) in [5, 5.41) is 3.39. The second kappa shape index (κ2) is 10.7. The first-order valence-electron chi connectivity index (χ1n) is 12.9. The maximum Gasteiger partial charge on any atom is 0.416 e. The van der Waals surface area contributed by atoms with Gasteiger partial charge in [-0.15, -0.1) is 0 Å². The van der Waals surface area contributed by atoms with Crippen molar-refractivity contribution in [3.05, 3.63) is 77.4 Å². The fourth-order valence-corrected chi connectivity index (χ4v) is 5.30. The number of hydrogen-bond acceptors (Lipinski definition) is 4. The van der Waals surface area contributed by atoms with Crippen molar-refractivity contribution >= 4 is 5.69 Å². The molecule has 1 heterocycles. The number of rotatable bonds is 8. The molecule has 1 saturated carbocycles. The van der Waals surface area contributed by atoms with E-state index >= 15 is 0 Å². The Labute approximate surface area is 216 Å². The first-order chi connectivity index (χ1) is 17.9. The van der Waals surface area contributed by atoms with E-state index in [4.69, 9.17) is 9.47 Å². The van der Waals surface area contributed by atoms with Gasteiger partial charge in [0.1, 0.15) is 0 Å². The number of nitrogens with one attached hydrogen (secondary N) is 1. The molecule has 3 aromatic carbocycles. The van der Waals surface area contributed by atoms with Crippen LogP contribution >= 0.6 is 0 Å². The Hall–Kier alpha value is -3.19. The molecule has 3 aromatic rings. The maximum atomic E-state index is 13.2. The maximum absolute atomic E-state index is 13.2. The number of ether oxygens (including phenoxy) is 2. The normalized spacial score (nSPS) is 16.5. The Bertz CT molecular complexity index is 1220. The predicted molar refractivity (Wildman–Crippen MR) is 140 cm³/mol. The van der Waals surface area contributed by atoms with Gasteiger partial charge in [-0.05, 0) is 104 Å². The lowest BCUT2D eigenvalue weighted by Gasteiger charge is -2.37. The molecule has 5 rings (SSSR count). The Balaban J connectivity index is 1.46. The van der Waals surface area contributed by atoms with Crippen molar-refractivity contribution < 1.29 is 22.6 Å². The molecular formula is C30H33F3N2O2. The van der Waals surface area contributed by atoms with Gasteiger partial charge in [-0.25, -0.2) is 0 Å². The SMILES string of the molecule is COc1cc(-c2cccc(CN(c3ccc(C(F)(F)F)cc3)C3CCNCC3)c2)cc(C2CC2)c1OC. The number of methoxy groups -OCH3 is 2. The minimum Gasteiger partial charge on any atom is -0.493 e. The molecule has 7 heteroatoms. The molecule has 1 aliphatic heterocycles. The Morgan fingerprint density at radius 2 is 1.59 bits per heavy atom. The smallest absolute Gasteiger partial charge is 0.416 e. The van der Waals surface area contributed by atoms with Crippen LogP contribution in [0.25, 0.3) is 11.1 Å². The van der Waals surface area contributed by atoms with Crippen LogP contribution in [0.15, 0.2) is 60.7 Å². The van der Waals surface area contributed by atoms with Crippen molar-refractivity contribution in [2.75, 3.05) is 32.2 Å². The highest BCUT2D eigenvalue weighted by molar-refractivity contribution is 5.70. The van der Waals surface area contributed by atoms with E-state index in [9.17, 15) is 13.2 Å². The Kier molecular flexibility index (Phi) is 7.33. The molecule has 0 amide bonds. The molecule has 2 fully saturated rings. The number of benzene rings is 3. The van der Waals surface area contributed by atoms with E-state index in [1.54, 1.807) is 26.4 Å². The van der Waals surface area contributed by atoms with E-state index in [1.165, 1.54) is 17.7 Å². The molecule has 0 unspecified atom stereocenters. The molecule has 1 saturated heterocycles. The largest absolute Gasteiger partial charge is 0.493 e. The molecule has 196 valence electrons. The second-order valence-electron chi connectivity index (χ2n) is 9.93. The minimum absolute atomic E-state index is 0.254. The number of hydrogen-bond donors (Lipinski definition) is 1. The van der Waals surface area contributed by atoms with Crippen molar-refractivity contribution in [3.63, 3.8) is 0 Å². The number of piperidine rings is 1. The molecule has 0 spiro atoms. The minimum atomic E-state index is -4.34. The summed E-state index contributed by atoms with van der Waals surface area (Å²) in [6, 6.07) is 18.5. The van der Waals surface area contributed by atoms with Crippen LogP contribution in [0.4, 0.5) is 18.9 Å². The number of halogens is 3. The van der Waals surface area contributed by atoms with Gasteiger partial charge >= 0.3 is 6.18 Å². The lowest BCUT2D eigenvalue weighted by atomic mass is 9.97. The lowest BCUT2D eigenvalue weighted by molar-refractivity contribution is -0.137. The average molecular weight is 511 g/mol. The average Bonchev–Trinajstić information content (AvgIpc) is 3.77. The van der Waals surface area contributed by atoms with Gasteiger partial charge in [0.05, 0.1) is 19.8 Å². The second-order valence-corrected chi connectivity index (χ2v) is 9.93. The highest BCUT2D eigenvalue weighted by Gasteiger charge is 2.31. The van der Waals surface area contributed by atoms with E-state index in [2.05, 4.69) is 34.5 Å². The van der Waals surface area contributed by atoms with Gasteiger partial charge in [0.25, 0.3) is 0 Å². The molecule has 4 nitrogen and oxygen atoms in total. The summed E-state index contributed by atoms with van der Waals surface area (Å²) < 4.78 is 50.9. The summed E-state index contributed by atoms with van der Waals surface area (Å²) in [6.45, 7) is 2.42. The van der Waals surface area contributed by atoms with Crippen molar-refractivity contribution in [2.45, 2.75) is 50.4 Å². The van der Waals surface area contributed by atoms with Gasteiger partial charge in [0.15, 0.2) is 11.5 Å². The van der Waals surface area contributed by atoms with Crippen LogP contribution in [0.5, 0.6) is 11.5 Å². The van der Waals surface area contributed by atoms with E-state index in [0.717, 1.165) is 72.6 Å². The third-order valence-electron chi connectivity index (χ3n) is 7.41. The first kappa shape index (κ1) is 25.5. The fourth-order valence-electron chi connectivity index (χ4n) is 5.30. The van der Waals surface area contributed by atoms with E-state index in [1.807, 2.05) is 12.1 Å². The van der Waals surface area contributed by atoms with Crippen LogP contribution in [0.1, 0.15) is 48.3 Å². The third-order valence-corrected chi connectivity index (χ3v) is 7.41. The van der Waals surface area contributed by atoms with Crippen LogP contribution in [-0.2, 0) is 12.7 Å². The lowest BCUT2D eigenvalue weighted by Crippen LogP contribution is -2.43. The van der Waals surface area contributed by atoms with Gasteiger partial charge in [-0.1, -0.05) is 18.2 Å². The van der Waals surface area contributed by atoms with Crippen molar-refractivity contribution in [3.8, 4) is 22.6 Å². The van der Waals surface area contributed by atoms with Gasteiger partial charge in [-0.3, -0.25) is 0 Å². The predicted octanol–water partition coefficient (Wildman–Crippen LogP) is 7.03.